The number of rotatable bonds is 60. The van der Waals surface area contributed by atoms with Crippen LogP contribution in [0.25, 0.3) is 0 Å². The summed E-state index contributed by atoms with van der Waals surface area (Å²) in [5, 5.41) is 0. The van der Waals surface area contributed by atoms with Crippen LogP contribution in [0.1, 0.15) is 290 Å². The molecule has 0 fully saturated rings. The van der Waals surface area contributed by atoms with E-state index in [4.69, 9.17) is 14.2 Å². The Bertz CT molecular complexity index is 1840. The molecular formula is C77H124O6. The molecule has 0 bridgehead atoms. The van der Waals surface area contributed by atoms with Crippen LogP contribution in [-0.4, -0.2) is 37.2 Å². The Hall–Kier alpha value is -4.97. The second kappa shape index (κ2) is 69.5. The van der Waals surface area contributed by atoms with E-state index in [1.54, 1.807) is 0 Å². The predicted octanol–water partition coefficient (Wildman–Crippen LogP) is 23.7. The normalized spacial score (nSPS) is 13.1. The van der Waals surface area contributed by atoms with Gasteiger partial charge in [0.2, 0.25) is 0 Å². The Balaban J connectivity index is 4.32. The molecule has 0 spiro atoms. The van der Waals surface area contributed by atoms with Gasteiger partial charge in [-0.25, -0.2) is 0 Å². The number of allylic oxidation sites excluding steroid dienone is 26. The van der Waals surface area contributed by atoms with Crippen LogP contribution in [0.5, 0.6) is 0 Å². The van der Waals surface area contributed by atoms with Gasteiger partial charge >= 0.3 is 17.9 Å². The zero-order valence-electron chi connectivity index (χ0n) is 53.7. The van der Waals surface area contributed by atoms with Crippen LogP contribution in [-0.2, 0) is 28.6 Å². The molecule has 468 valence electrons. The summed E-state index contributed by atoms with van der Waals surface area (Å²) in [7, 11) is 0. The van der Waals surface area contributed by atoms with Gasteiger partial charge in [0.25, 0.3) is 0 Å². The number of hydrogen-bond donors (Lipinski definition) is 0. The van der Waals surface area contributed by atoms with E-state index in [1.807, 2.05) is 0 Å². The molecule has 0 amide bonds. The molecule has 0 heterocycles. The Morgan fingerprint density at radius 1 is 0.253 bits per heavy atom. The van der Waals surface area contributed by atoms with Crippen LogP contribution in [0, 0.1) is 0 Å². The van der Waals surface area contributed by atoms with E-state index in [-0.39, 0.29) is 31.1 Å². The standard InChI is InChI=1S/C77H124O6/c1-4-7-10-13-16-19-22-25-28-30-31-32-33-34-35-36-37-38-39-40-41-42-43-44-45-46-47-48-50-52-55-58-61-64-67-70-76(79)82-73-74(72-81-75(78)69-66-63-60-57-54-51-27-24-21-18-15-12-9-6-3)83-77(80)71-68-65-62-59-56-53-49-29-26-23-20-17-14-11-8-5-2/h7,10,15-16,18-20,23-25,27-29,31-32,34-35,37-38,40-41,43-44,46-47,49,74H,4-6,8-9,11-14,17,21-22,26,30,33,36,39,42,45,48,50-73H2,1-3H3/b10-7-,18-15-,19-16-,23-20-,27-24-,28-25-,32-31-,35-34-,38-37-,41-40-,44-43-,47-46-,49-29-. The van der Waals surface area contributed by atoms with Crippen molar-refractivity contribution in [2.75, 3.05) is 13.2 Å². The molecule has 0 aromatic carbocycles. The third-order valence-corrected chi connectivity index (χ3v) is 14.0. The van der Waals surface area contributed by atoms with Gasteiger partial charge in [0.05, 0.1) is 0 Å². The lowest BCUT2D eigenvalue weighted by Crippen LogP contribution is -2.30. The molecule has 1 unspecified atom stereocenters. The Morgan fingerprint density at radius 2 is 0.482 bits per heavy atom. The zero-order chi connectivity index (χ0) is 59.9. The molecule has 0 saturated heterocycles. The van der Waals surface area contributed by atoms with E-state index in [2.05, 4.69) is 179 Å². The fourth-order valence-corrected chi connectivity index (χ4v) is 8.89. The molecule has 0 N–H and O–H groups in total. The number of esters is 3. The largest absolute Gasteiger partial charge is 0.462 e. The van der Waals surface area contributed by atoms with Crippen LogP contribution in [0.3, 0.4) is 0 Å². The quantitative estimate of drug-likeness (QED) is 0.0261. The molecule has 0 aliphatic rings. The van der Waals surface area contributed by atoms with Gasteiger partial charge < -0.3 is 14.2 Å². The zero-order valence-corrected chi connectivity index (χ0v) is 53.7. The molecule has 1 atom stereocenters. The first kappa shape index (κ1) is 78.0. The number of ether oxygens (including phenoxy) is 3. The van der Waals surface area contributed by atoms with Gasteiger partial charge in [-0.05, 0) is 148 Å². The van der Waals surface area contributed by atoms with Gasteiger partial charge in [-0.2, -0.15) is 0 Å². The molecule has 0 radical (unpaired) electrons. The minimum atomic E-state index is -0.803. The summed E-state index contributed by atoms with van der Waals surface area (Å²) in [6.07, 6.45) is 101. The fourth-order valence-electron chi connectivity index (χ4n) is 8.89. The summed E-state index contributed by atoms with van der Waals surface area (Å²) in [6.45, 7) is 6.44. The van der Waals surface area contributed by atoms with Crippen LogP contribution >= 0.6 is 0 Å². The van der Waals surface area contributed by atoms with Crippen molar-refractivity contribution in [1.82, 2.24) is 0 Å². The van der Waals surface area contributed by atoms with Crippen molar-refractivity contribution < 1.29 is 28.6 Å². The lowest BCUT2D eigenvalue weighted by Gasteiger charge is -2.18. The second-order valence-electron chi connectivity index (χ2n) is 22.0. The Morgan fingerprint density at radius 3 is 0.771 bits per heavy atom. The van der Waals surface area contributed by atoms with Gasteiger partial charge in [0.1, 0.15) is 13.2 Å². The third kappa shape index (κ3) is 67.7. The van der Waals surface area contributed by atoms with E-state index in [1.165, 1.54) is 77.0 Å². The van der Waals surface area contributed by atoms with Gasteiger partial charge in [-0.1, -0.05) is 281 Å². The number of carbonyl (C=O) groups is 3. The number of unbranched alkanes of at least 4 members (excludes halogenated alkanes) is 23. The fraction of sp³-hybridized carbons (Fsp3) is 0.623. The molecule has 0 aliphatic carbocycles. The molecule has 0 aromatic rings. The first-order valence-electron chi connectivity index (χ1n) is 34.0. The highest BCUT2D eigenvalue weighted by Crippen LogP contribution is 2.14. The van der Waals surface area contributed by atoms with Crippen LogP contribution in [0.4, 0.5) is 0 Å². The average molecular weight is 1150 g/mol. The predicted molar refractivity (Wildman–Crippen MR) is 362 cm³/mol. The summed E-state index contributed by atoms with van der Waals surface area (Å²) >= 11 is 0. The van der Waals surface area contributed by atoms with Crippen molar-refractivity contribution >= 4 is 17.9 Å². The second-order valence-corrected chi connectivity index (χ2v) is 22.0. The van der Waals surface area contributed by atoms with E-state index in [0.717, 1.165) is 173 Å². The maximum atomic E-state index is 12.9. The van der Waals surface area contributed by atoms with Crippen LogP contribution in [0.2, 0.25) is 0 Å². The number of hydrogen-bond acceptors (Lipinski definition) is 6. The monoisotopic (exact) mass is 1140 g/mol. The van der Waals surface area contributed by atoms with Crippen LogP contribution < -0.4 is 0 Å². The van der Waals surface area contributed by atoms with Crippen molar-refractivity contribution in [3.63, 3.8) is 0 Å². The van der Waals surface area contributed by atoms with Crippen molar-refractivity contribution in [1.29, 1.82) is 0 Å². The maximum Gasteiger partial charge on any atom is 0.306 e. The third-order valence-electron chi connectivity index (χ3n) is 14.0. The van der Waals surface area contributed by atoms with Crippen molar-refractivity contribution in [2.24, 2.45) is 0 Å². The summed E-state index contributed by atoms with van der Waals surface area (Å²) in [5.74, 6) is -0.937. The van der Waals surface area contributed by atoms with Crippen molar-refractivity contribution in [3.8, 4) is 0 Å². The van der Waals surface area contributed by atoms with Gasteiger partial charge in [-0.3, -0.25) is 14.4 Å². The first-order chi connectivity index (χ1) is 41.0. The maximum absolute atomic E-state index is 12.9. The lowest BCUT2D eigenvalue weighted by atomic mass is 10.1. The van der Waals surface area contributed by atoms with Gasteiger partial charge in [0, 0.05) is 19.3 Å². The summed E-state index contributed by atoms with van der Waals surface area (Å²) in [5.41, 5.74) is 0. The van der Waals surface area contributed by atoms with E-state index in [0.29, 0.717) is 19.3 Å². The van der Waals surface area contributed by atoms with E-state index in [9.17, 15) is 14.4 Å². The molecule has 83 heavy (non-hydrogen) atoms. The molecule has 0 saturated carbocycles. The molecular weight excluding hydrogens is 1020 g/mol. The van der Waals surface area contributed by atoms with Gasteiger partial charge in [0.15, 0.2) is 6.10 Å². The van der Waals surface area contributed by atoms with E-state index < -0.39 is 6.10 Å². The molecule has 0 rings (SSSR count). The molecule has 0 aromatic heterocycles. The van der Waals surface area contributed by atoms with Crippen molar-refractivity contribution in [3.05, 3.63) is 158 Å². The van der Waals surface area contributed by atoms with E-state index >= 15 is 0 Å². The number of carbonyl (C=O) groups excluding carboxylic acids is 3. The topological polar surface area (TPSA) is 78.9 Å². The molecule has 6 nitrogen and oxygen atoms in total. The lowest BCUT2D eigenvalue weighted by molar-refractivity contribution is -0.167. The van der Waals surface area contributed by atoms with Gasteiger partial charge in [-0.15, -0.1) is 0 Å². The molecule has 6 heteroatoms. The highest BCUT2D eigenvalue weighted by Gasteiger charge is 2.19. The average Bonchev–Trinajstić information content (AvgIpc) is 3.49. The highest BCUT2D eigenvalue weighted by molar-refractivity contribution is 5.71. The minimum Gasteiger partial charge on any atom is -0.462 e. The Kier molecular flexibility index (Phi) is 65.4. The first-order valence-corrected chi connectivity index (χ1v) is 34.0. The van der Waals surface area contributed by atoms with Crippen LogP contribution in [0.15, 0.2) is 158 Å². The smallest absolute Gasteiger partial charge is 0.306 e. The summed E-state index contributed by atoms with van der Waals surface area (Å²) < 4.78 is 16.9. The van der Waals surface area contributed by atoms with Crippen molar-refractivity contribution in [2.45, 2.75) is 297 Å². The minimum absolute atomic E-state index is 0.0990. The summed E-state index contributed by atoms with van der Waals surface area (Å²) in [4.78, 5) is 38.3. The molecule has 0 aliphatic heterocycles. The highest BCUT2D eigenvalue weighted by atomic mass is 16.6. The summed E-state index contributed by atoms with van der Waals surface area (Å²) in [6, 6.07) is 0. The Labute approximate surface area is 511 Å². The SMILES string of the molecule is CC/C=C\C/C=C\C/C=C\C/C=C\C/C=C\C/C=C\C/C=C\C/C=C\C/C=C\CCCCCCCCCC(=O)OCC(COC(=O)CCCCCCC/C=C\C/C=C\CCCC)OC(=O)CCCCCCC/C=C\C/C=C\CCCCCC.